The summed E-state index contributed by atoms with van der Waals surface area (Å²) < 4.78 is 5.31. The first-order valence-electron chi connectivity index (χ1n) is 13.4. The Morgan fingerprint density at radius 1 is 0.900 bits per heavy atom. The molecule has 3 N–H and O–H groups in total. The Hall–Kier alpha value is -3.91. The average Bonchev–Trinajstić information content (AvgIpc) is 2.84. The molecule has 0 aliphatic carbocycles. The number of carbonyl (C=O) groups is 3. The Kier molecular flexibility index (Phi) is 9.25. The van der Waals surface area contributed by atoms with Crippen molar-refractivity contribution in [2.75, 3.05) is 11.9 Å². The van der Waals surface area contributed by atoms with Crippen molar-refractivity contribution in [2.45, 2.75) is 78.6 Å². The molecule has 0 heterocycles. The van der Waals surface area contributed by atoms with Crippen LogP contribution in [0.15, 0.2) is 60.7 Å². The van der Waals surface area contributed by atoms with Gasteiger partial charge in [-0.05, 0) is 89.4 Å². The van der Waals surface area contributed by atoms with Gasteiger partial charge in [0.15, 0.2) is 0 Å². The van der Waals surface area contributed by atoms with Gasteiger partial charge in [-0.15, -0.1) is 0 Å². The summed E-state index contributed by atoms with van der Waals surface area (Å²) in [7, 11) is 0. The molecule has 0 aliphatic heterocycles. The second-order valence-corrected chi connectivity index (χ2v) is 12.1. The number of carbonyl (C=O) groups excluding carboxylic acids is 3. The molecule has 0 aromatic heterocycles. The third-order valence-corrected chi connectivity index (χ3v) is 6.38. The van der Waals surface area contributed by atoms with E-state index < -0.39 is 47.7 Å². The highest BCUT2D eigenvalue weighted by atomic mass is 16.6. The quantitative estimate of drug-likeness (QED) is 0.354. The minimum absolute atomic E-state index is 0.417. The molecule has 3 aromatic carbocycles. The monoisotopic (exact) mass is 547 g/mol. The Labute approximate surface area is 236 Å². The van der Waals surface area contributed by atoms with E-state index >= 15 is 0 Å². The van der Waals surface area contributed by atoms with E-state index in [4.69, 9.17) is 4.74 Å². The summed E-state index contributed by atoms with van der Waals surface area (Å²) in [5, 5.41) is 17.6. The average molecular weight is 548 g/mol. The maximum atomic E-state index is 14.1. The first-order chi connectivity index (χ1) is 18.6. The summed E-state index contributed by atoms with van der Waals surface area (Å²) >= 11 is 0. The summed E-state index contributed by atoms with van der Waals surface area (Å²) in [5.74, 6) is -1.03. The predicted molar refractivity (Wildman–Crippen MR) is 158 cm³/mol. The van der Waals surface area contributed by atoms with Crippen molar-refractivity contribution in [3.05, 3.63) is 77.4 Å². The molecule has 2 unspecified atom stereocenters. The number of fused-ring (bicyclic) bond motifs is 1. The maximum Gasteiger partial charge on any atom is 0.408 e. The standard InChI is InChI=1S/C32H41N3O5/c1-20-13-16-25(21(2)17-20)27(28(37)33-24-15-14-22-11-9-10-12-23(22)18-24)35(31(3,4)5)29(38)26(19-36)34-30(39)40-32(6,7)8/h9-18,26-27,36H,19H2,1-8H3,(H,33,37)(H,34,39). The van der Waals surface area contributed by atoms with E-state index in [1.807, 2.05) is 95.3 Å². The van der Waals surface area contributed by atoms with Crippen LogP contribution in [0.5, 0.6) is 0 Å². The molecule has 2 atom stereocenters. The fourth-order valence-electron chi connectivity index (χ4n) is 4.66. The number of aliphatic hydroxyl groups excluding tert-OH is 1. The highest BCUT2D eigenvalue weighted by Crippen LogP contribution is 2.33. The van der Waals surface area contributed by atoms with E-state index in [9.17, 15) is 19.5 Å². The number of alkyl carbamates (subject to hydrolysis) is 1. The molecule has 0 spiro atoms. The lowest BCUT2D eigenvalue weighted by atomic mass is 9.92. The lowest BCUT2D eigenvalue weighted by Crippen LogP contribution is -2.59. The van der Waals surface area contributed by atoms with Gasteiger partial charge in [0, 0.05) is 11.2 Å². The number of nitrogens with zero attached hydrogens (tertiary/aromatic N) is 1. The molecule has 8 nitrogen and oxygen atoms in total. The van der Waals surface area contributed by atoms with Crippen LogP contribution >= 0.6 is 0 Å². The zero-order chi connectivity index (χ0) is 29.8. The minimum Gasteiger partial charge on any atom is -0.444 e. The van der Waals surface area contributed by atoms with Crippen molar-refractivity contribution in [2.24, 2.45) is 0 Å². The van der Waals surface area contributed by atoms with Crippen LogP contribution in [0.1, 0.15) is 64.3 Å². The van der Waals surface area contributed by atoms with Crippen molar-refractivity contribution in [1.82, 2.24) is 10.2 Å². The number of amides is 3. The molecule has 3 rings (SSSR count). The van der Waals surface area contributed by atoms with E-state index in [0.29, 0.717) is 11.3 Å². The smallest absolute Gasteiger partial charge is 0.408 e. The van der Waals surface area contributed by atoms with Crippen LogP contribution in [0.25, 0.3) is 10.8 Å². The molecule has 8 heteroatoms. The van der Waals surface area contributed by atoms with Crippen LogP contribution in [0.2, 0.25) is 0 Å². The van der Waals surface area contributed by atoms with Crippen molar-refractivity contribution in [3.63, 3.8) is 0 Å². The fraction of sp³-hybridized carbons (Fsp3) is 0.406. The fourth-order valence-corrected chi connectivity index (χ4v) is 4.66. The number of ether oxygens (including phenoxy) is 1. The zero-order valence-corrected chi connectivity index (χ0v) is 24.7. The zero-order valence-electron chi connectivity index (χ0n) is 24.7. The van der Waals surface area contributed by atoms with Crippen LogP contribution in [0, 0.1) is 13.8 Å². The number of hydrogen-bond acceptors (Lipinski definition) is 5. The third kappa shape index (κ3) is 7.60. The van der Waals surface area contributed by atoms with Crippen molar-refractivity contribution >= 4 is 34.4 Å². The van der Waals surface area contributed by atoms with Gasteiger partial charge in [-0.1, -0.05) is 54.1 Å². The number of aliphatic hydroxyl groups is 1. The molecule has 0 aliphatic rings. The number of anilines is 1. The van der Waals surface area contributed by atoms with E-state index in [-0.39, 0.29) is 0 Å². The summed E-state index contributed by atoms with van der Waals surface area (Å²) in [6, 6.07) is 16.8. The van der Waals surface area contributed by atoms with E-state index in [1.54, 1.807) is 20.8 Å². The molecular formula is C32H41N3O5. The lowest BCUT2D eigenvalue weighted by molar-refractivity contribution is -0.147. The van der Waals surface area contributed by atoms with E-state index in [2.05, 4.69) is 10.6 Å². The number of nitrogens with one attached hydrogen (secondary N) is 2. The van der Waals surface area contributed by atoms with Gasteiger partial charge in [-0.25, -0.2) is 4.79 Å². The van der Waals surface area contributed by atoms with E-state index in [0.717, 1.165) is 21.9 Å². The second kappa shape index (κ2) is 12.1. The molecule has 214 valence electrons. The molecule has 0 fully saturated rings. The van der Waals surface area contributed by atoms with Crippen LogP contribution in [0.3, 0.4) is 0 Å². The Morgan fingerprint density at radius 3 is 2.12 bits per heavy atom. The van der Waals surface area contributed by atoms with Gasteiger partial charge in [0.2, 0.25) is 5.91 Å². The summed E-state index contributed by atoms with van der Waals surface area (Å²) in [4.78, 5) is 42.1. The number of aryl methyl sites for hydroxylation is 2. The van der Waals surface area contributed by atoms with Crippen LogP contribution in [-0.2, 0) is 14.3 Å². The molecule has 40 heavy (non-hydrogen) atoms. The highest BCUT2D eigenvalue weighted by molar-refractivity contribution is 6.00. The second-order valence-electron chi connectivity index (χ2n) is 12.1. The van der Waals surface area contributed by atoms with Crippen molar-refractivity contribution < 1.29 is 24.2 Å². The van der Waals surface area contributed by atoms with Crippen LogP contribution < -0.4 is 10.6 Å². The Morgan fingerprint density at radius 2 is 1.55 bits per heavy atom. The summed E-state index contributed by atoms with van der Waals surface area (Å²) in [5.41, 5.74) is 1.41. The third-order valence-electron chi connectivity index (χ3n) is 6.38. The largest absolute Gasteiger partial charge is 0.444 e. The highest BCUT2D eigenvalue weighted by Gasteiger charge is 2.42. The molecule has 0 saturated heterocycles. The molecule has 3 aromatic rings. The topological polar surface area (TPSA) is 108 Å². The molecule has 0 bridgehead atoms. The first kappa shape index (κ1) is 30.6. The predicted octanol–water partition coefficient (Wildman–Crippen LogP) is 5.65. The summed E-state index contributed by atoms with van der Waals surface area (Å²) in [6.07, 6.45) is -0.836. The Bertz CT molecular complexity index is 1390. The van der Waals surface area contributed by atoms with Gasteiger partial charge in [-0.2, -0.15) is 0 Å². The van der Waals surface area contributed by atoms with Gasteiger partial charge in [-0.3, -0.25) is 9.59 Å². The summed E-state index contributed by atoms with van der Waals surface area (Å²) in [6.45, 7) is 13.7. The maximum absolute atomic E-state index is 14.1. The first-order valence-corrected chi connectivity index (χ1v) is 13.4. The SMILES string of the molecule is Cc1ccc(C(C(=O)Nc2ccc3ccccc3c2)N(C(=O)C(CO)NC(=O)OC(C)(C)C)C(C)(C)C)c(C)c1. The van der Waals surface area contributed by atoms with Gasteiger partial charge >= 0.3 is 6.09 Å². The normalized spacial score (nSPS) is 13.3. The Balaban J connectivity index is 2.07. The van der Waals surface area contributed by atoms with Gasteiger partial charge < -0.3 is 25.4 Å². The van der Waals surface area contributed by atoms with Gasteiger partial charge in [0.05, 0.1) is 6.61 Å². The van der Waals surface area contributed by atoms with E-state index in [1.165, 1.54) is 4.90 Å². The van der Waals surface area contributed by atoms with Gasteiger partial charge in [0.25, 0.3) is 5.91 Å². The minimum atomic E-state index is -1.32. The molecule has 0 saturated carbocycles. The molecular weight excluding hydrogens is 506 g/mol. The number of benzene rings is 3. The molecule has 0 radical (unpaired) electrons. The van der Waals surface area contributed by atoms with Crippen LogP contribution in [0.4, 0.5) is 10.5 Å². The van der Waals surface area contributed by atoms with Crippen LogP contribution in [-0.4, -0.2) is 51.7 Å². The number of rotatable bonds is 7. The number of hydrogen-bond donors (Lipinski definition) is 3. The van der Waals surface area contributed by atoms with Gasteiger partial charge in [0.1, 0.15) is 17.7 Å². The molecule has 3 amide bonds. The lowest BCUT2D eigenvalue weighted by Gasteiger charge is -2.43. The van der Waals surface area contributed by atoms with Crippen molar-refractivity contribution in [3.8, 4) is 0 Å². The van der Waals surface area contributed by atoms with Crippen molar-refractivity contribution in [1.29, 1.82) is 0 Å².